The molecular weight excluding hydrogens is 176 g/mol. The Balaban J connectivity index is 2.61. The summed E-state index contributed by atoms with van der Waals surface area (Å²) in [7, 11) is 0. The van der Waals surface area contributed by atoms with Crippen molar-refractivity contribution in [1.29, 1.82) is 0 Å². The topological polar surface area (TPSA) is 56.7 Å². The van der Waals surface area contributed by atoms with Crippen LogP contribution in [0.2, 0.25) is 0 Å². The van der Waals surface area contributed by atoms with Gasteiger partial charge in [-0.25, -0.2) is 0 Å². The quantitative estimate of drug-likeness (QED) is 0.777. The zero-order valence-corrected chi connectivity index (χ0v) is 9.27. The van der Waals surface area contributed by atoms with E-state index in [1.165, 1.54) is 0 Å². The average molecular weight is 196 g/mol. The largest absolute Gasteiger partial charge is 0.327 e. The minimum absolute atomic E-state index is 0.210. The van der Waals surface area contributed by atoms with Crippen molar-refractivity contribution in [3.63, 3.8) is 0 Å². The highest BCUT2D eigenvalue weighted by molar-refractivity contribution is 4.91. The number of nitrogens with zero attached hydrogens (tertiary/aromatic N) is 3. The molecule has 0 saturated carbocycles. The Kier molecular flexibility index (Phi) is 4.07. The molecule has 0 aliphatic carbocycles. The average Bonchev–Trinajstić information content (AvgIpc) is 2.52. The van der Waals surface area contributed by atoms with Crippen molar-refractivity contribution in [3.8, 4) is 0 Å². The number of aromatic nitrogens is 3. The van der Waals surface area contributed by atoms with Crippen LogP contribution in [0.25, 0.3) is 0 Å². The van der Waals surface area contributed by atoms with E-state index in [0.717, 1.165) is 25.1 Å². The first-order chi connectivity index (χ1) is 6.65. The normalized spacial score (nSPS) is 13.5. The van der Waals surface area contributed by atoms with Gasteiger partial charge in [-0.15, -0.1) is 10.2 Å². The number of hydrogen-bond acceptors (Lipinski definition) is 3. The molecule has 1 heterocycles. The van der Waals surface area contributed by atoms with Gasteiger partial charge in [0.25, 0.3) is 0 Å². The Morgan fingerprint density at radius 1 is 1.50 bits per heavy atom. The zero-order chi connectivity index (χ0) is 10.6. The summed E-state index contributed by atoms with van der Waals surface area (Å²) in [5, 5.41) is 8.01. The lowest BCUT2D eigenvalue weighted by atomic mass is 10.1. The lowest BCUT2D eigenvalue weighted by molar-refractivity contribution is 0.524. The summed E-state index contributed by atoms with van der Waals surface area (Å²) in [6.45, 7) is 6.39. The van der Waals surface area contributed by atoms with Gasteiger partial charge in [0, 0.05) is 18.5 Å². The van der Waals surface area contributed by atoms with E-state index in [0.29, 0.717) is 6.04 Å². The van der Waals surface area contributed by atoms with Gasteiger partial charge in [0.2, 0.25) is 0 Å². The highest BCUT2D eigenvalue weighted by Gasteiger charge is 2.10. The summed E-state index contributed by atoms with van der Waals surface area (Å²) in [4.78, 5) is 0. The monoisotopic (exact) mass is 196 g/mol. The van der Waals surface area contributed by atoms with Crippen LogP contribution in [0.1, 0.15) is 45.5 Å². The van der Waals surface area contributed by atoms with Crippen LogP contribution in [0.5, 0.6) is 0 Å². The molecule has 0 aromatic carbocycles. The Morgan fingerprint density at radius 2 is 2.21 bits per heavy atom. The van der Waals surface area contributed by atoms with E-state index >= 15 is 0 Å². The molecule has 0 fully saturated rings. The van der Waals surface area contributed by atoms with Gasteiger partial charge >= 0.3 is 0 Å². The van der Waals surface area contributed by atoms with E-state index < -0.39 is 0 Å². The molecule has 1 aromatic rings. The second-order valence-electron chi connectivity index (χ2n) is 4.00. The van der Waals surface area contributed by atoms with Crippen molar-refractivity contribution < 1.29 is 0 Å². The van der Waals surface area contributed by atoms with E-state index in [9.17, 15) is 0 Å². The minimum Gasteiger partial charge on any atom is -0.327 e. The van der Waals surface area contributed by atoms with E-state index in [2.05, 4.69) is 35.5 Å². The molecule has 0 amide bonds. The van der Waals surface area contributed by atoms with Crippen LogP contribution in [-0.2, 0) is 6.42 Å². The maximum absolute atomic E-state index is 5.96. The molecule has 0 aliphatic heterocycles. The third-order valence-corrected chi connectivity index (χ3v) is 2.31. The molecule has 1 rings (SSSR count). The molecule has 1 unspecified atom stereocenters. The van der Waals surface area contributed by atoms with Crippen molar-refractivity contribution in [3.05, 3.63) is 12.2 Å². The fourth-order valence-electron chi connectivity index (χ4n) is 1.55. The summed E-state index contributed by atoms with van der Waals surface area (Å²) >= 11 is 0. The fraction of sp³-hybridized carbons (Fsp3) is 0.800. The van der Waals surface area contributed by atoms with Gasteiger partial charge in [-0.3, -0.25) is 0 Å². The molecule has 14 heavy (non-hydrogen) atoms. The van der Waals surface area contributed by atoms with Gasteiger partial charge in [0.1, 0.15) is 12.2 Å². The van der Waals surface area contributed by atoms with Crippen LogP contribution < -0.4 is 5.73 Å². The van der Waals surface area contributed by atoms with E-state index in [1.807, 2.05) is 0 Å². The lowest BCUT2D eigenvalue weighted by Crippen LogP contribution is -2.24. The molecular formula is C10H20N4. The van der Waals surface area contributed by atoms with E-state index in [-0.39, 0.29) is 6.04 Å². The molecule has 4 nitrogen and oxygen atoms in total. The Labute approximate surface area is 85.5 Å². The second kappa shape index (κ2) is 5.10. The Bertz CT molecular complexity index is 267. The molecule has 0 saturated heterocycles. The lowest BCUT2D eigenvalue weighted by Gasteiger charge is -2.13. The van der Waals surface area contributed by atoms with Gasteiger partial charge in [-0.05, 0) is 20.3 Å². The third kappa shape index (κ3) is 2.80. The van der Waals surface area contributed by atoms with Crippen LogP contribution in [0, 0.1) is 0 Å². The fourth-order valence-corrected chi connectivity index (χ4v) is 1.55. The molecule has 1 atom stereocenters. The molecule has 1 aromatic heterocycles. The SMILES string of the molecule is CCCC(N)Cc1nncn1C(C)C. The van der Waals surface area contributed by atoms with Crippen LogP contribution in [0.3, 0.4) is 0 Å². The standard InChI is InChI=1S/C10H20N4/c1-4-5-9(11)6-10-13-12-7-14(10)8(2)3/h7-9H,4-6,11H2,1-3H3. The van der Waals surface area contributed by atoms with Crippen LogP contribution in [0.4, 0.5) is 0 Å². The summed E-state index contributed by atoms with van der Waals surface area (Å²) < 4.78 is 2.08. The van der Waals surface area contributed by atoms with E-state index in [4.69, 9.17) is 5.73 Å². The van der Waals surface area contributed by atoms with Crippen LogP contribution >= 0.6 is 0 Å². The highest BCUT2D eigenvalue weighted by atomic mass is 15.3. The number of rotatable bonds is 5. The third-order valence-electron chi connectivity index (χ3n) is 2.31. The maximum Gasteiger partial charge on any atom is 0.134 e. The van der Waals surface area contributed by atoms with E-state index in [1.54, 1.807) is 6.33 Å². The first-order valence-corrected chi connectivity index (χ1v) is 5.29. The zero-order valence-electron chi connectivity index (χ0n) is 9.27. The molecule has 0 bridgehead atoms. The molecule has 0 spiro atoms. The molecule has 0 radical (unpaired) electrons. The minimum atomic E-state index is 0.210. The summed E-state index contributed by atoms with van der Waals surface area (Å²) in [6.07, 6.45) is 4.77. The van der Waals surface area contributed by atoms with Crippen LogP contribution in [0.15, 0.2) is 6.33 Å². The maximum atomic E-state index is 5.96. The van der Waals surface area contributed by atoms with Crippen molar-refractivity contribution in [1.82, 2.24) is 14.8 Å². The van der Waals surface area contributed by atoms with Crippen molar-refractivity contribution in [2.24, 2.45) is 5.73 Å². The second-order valence-corrected chi connectivity index (χ2v) is 4.00. The van der Waals surface area contributed by atoms with Gasteiger partial charge in [0.05, 0.1) is 0 Å². The molecule has 4 heteroatoms. The first kappa shape index (κ1) is 11.2. The van der Waals surface area contributed by atoms with Gasteiger partial charge < -0.3 is 10.3 Å². The molecule has 0 aliphatic rings. The predicted molar refractivity (Wildman–Crippen MR) is 57.0 cm³/mol. The molecule has 2 N–H and O–H groups in total. The Hall–Kier alpha value is -0.900. The van der Waals surface area contributed by atoms with Gasteiger partial charge in [-0.2, -0.15) is 0 Å². The predicted octanol–water partition coefficient (Wildman–Crippen LogP) is 1.53. The summed E-state index contributed by atoms with van der Waals surface area (Å²) in [6, 6.07) is 0.621. The van der Waals surface area contributed by atoms with Gasteiger partial charge in [0.15, 0.2) is 0 Å². The first-order valence-electron chi connectivity index (χ1n) is 5.29. The van der Waals surface area contributed by atoms with Crippen LogP contribution in [-0.4, -0.2) is 20.8 Å². The van der Waals surface area contributed by atoms with Crippen molar-refractivity contribution >= 4 is 0 Å². The van der Waals surface area contributed by atoms with Gasteiger partial charge in [-0.1, -0.05) is 13.3 Å². The van der Waals surface area contributed by atoms with Crippen molar-refractivity contribution in [2.75, 3.05) is 0 Å². The molecule has 80 valence electrons. The Morgan fingerprint density at radius 3 is 2.79 bits per heavy atom. The summed E-state index contributed by atoms with van der Waals surface area (Å²) in [5.41, 5.74) is 5.96. The number of hydrogen-bond donors (Lipinski definition) is 1. The highest BCUT2D eigenvalue weighted by Crippen LogP contribution is 2.09. The smallest absolute Gasteiger partial charge is 0.134 e. The van der Waals surface area contributed by atoms with Crippen molar-refractivity contribution in [2.45, 2.75) is 52.1 Å². The number of nitrogens with two attached hydrogens (primary N) is 1. The summed E-state index contributed by atoms with van der Waals surface area (Å²) in [5.74, 6) is 1.00.